The molecule has 0 aliphatic rings. The fourth-order valence-corrected chi connectivity index (χ4v) is 0.684. The van der Waals surface area contributed by atoms with Crippen LogP contribution in [0.1, 0.15) is 6.42 Å². The number of hydrogen-bond donors (Lipinski definition) is 2. The summed E-state index contributed by atoms with van der Waals surface area (Å²) >= 11 is 1.73. The van der Waals surface area contributed by atoms with Gasteiger partial charge in [0.1, 0.15) is 5.84 Å². The monoisotopic (exact) mass is 133 g/mol. The first-order valence-corrected chi connectivity index (χ1v) is 3.71. The van der Waals surface area contributed by atoms with Gasteiger partial charge in [-0.05, 0) is 6.26 Å². The molecule has 0 rings (SSSR count). The zero-order valence-electron chi connectivity index (χ0n) is 4.92. The Bertz CT molecular complexity index is 81.4. The number of nitrogens with zero attached hydrogens (tertiary/aromatic N) is 1. The highest BCUT2D eigenvalue weighted by atomic mass is 32.2. The summed E-state index contributed by atoms with van der Waals surface area (Å²) in [5, 5.41) is 3.31. The Hall–Kier alpha value is -0.380. The molecule has 0 saturated carbocycles. The average molecular weight is 133 g/mol. The maximum atomic E-state index is 5.27. The van der Waals surface area contributed by atoms with E-state index in [1.54, 1.807) is 11.8 Å². The Morgan fingerprint density at radius 3 is 2.75 bits per heavy atom. The van der Waals surface area contributed by atoms with Crippen molar-refractivity contribution >= 4 is 17.6 Å². The molecule has 0 amide bonds. The summed E-state index contributed by atoms with van der Waals surface area (Å²) in [6.07, 6.45) is 2.81. The van der Waals surface area contributed by atoms with Crippen molar-refractivity contribution in [2.45, 2.75) is 6.42 Å². The van der Waals surface area contributed by atoms with Gasteiger partial charge in [0.25, 0.3) is 0 Å². The number of thioether (sulfide) groups is 1. The van der Waals surface area contributed by atoms with Crippen LogP contribution in [-0.4, -0.2) is 17.8 Å². The van der Waals surface area contributed by atoms with Gasteiger partial charge in [0.05, 0.1) is 0 Å². The van der Waals surface area contributed by atoms with E-state index in [4.69, 9.17) is 11.6 Å². The summed E-state index contributed by atoms with van der Waals surface area (Å²) in [7, 11) is 0. The molecule has 4 heteroatoms. The second-order valence-electron chi connectivity index (χ2n) is 1.36. The van der Waals surface area contributed by atoms with Crippen LogP contribution in [0.5, 0.6) is 0 Å². The SMILES string of the molecule is CSCC/C(N)=N/N. The molecule has 4 N–H and O–H groups in total. The maximum Gasteiger partial charge on any atom is 0.120 e. The minimum Gasteiger partial charge on any atom is -0.386 e. The second-order valence-corrected chi connectivity index (χ2v) is 2.35. The second kappa shape index (κ2) is 4.77. The van der Waals surface area contributed by atoms with Gasteiger partial charge in [-0.3, -0.25) is 0 Å². The Morgan fingerprint density at radius 1 is 1.75 bits per heavy atom. The largest absolute Gasteiger partial charge is 0.386 e. The van der Waals surface area contributed by atoms with E-state index in [1.807, 2.05) is 6.26 Å². The molecule has 0 spiro atoms. The van der Waals surface area contributed by atoms with Crippen molar-refractivity contribution in [2.75, 3.05) is 12.0 Å². The van der Waals surface area contributed by atoms with E-state index in [0.717, 1.165) is 12.2 Å². The third kappa shape index (κ3) is 3.80. The van der Waals surface area contributed by atoms with Crippen LogP contribution in [0.25, 0.3) is 0 Å². The minimum atomic E-state index is 0.527. The summed E-state index contributed by atoms with van der Waals surface area (Å²) in [5.74, 6) is 6.39. The zero-order valence-corrected chi connectivity index (χ0v) is 5.74. The lowest BCUT2D eigenvalue weighted by molar-refractivity contribution is 1.16. The summed E-state index contributed by atoms with van der Waals surface area (Å²) in [6, 6.07) is 0. The molecule has 0 aromatic heterocycles. The van der Waals surface area contributed by atoms with Gasteiger partial charge in [-0.15, -0.1) is 0 Å². The van der Waals surface area contributed by atoms with Crippen molar-refractivity contribution in [2.24, 2.45) is 16.7 Å². The van der Waals surface area contributed by atoms with E-state index in [2.05, 4.69) is 5.10 Å². The topological polar surface area (TPSA) is 64.4 Å². The normalized spacial score (nSPS) is 11.9. The molecule has 3 nitrogen and oxygen atoms in total. The van der Waals surface area contributed by atoms with Crippen molar-refractivity contribution in [3.8, 4) is 0 Å². The first-order chi connectivity index (χ1) is 3.81. The van der Waals surface area contributed by atoms with Crippen LogP contribution >= 0.6 is 11.8 Å². The number of hydrazone groups is 1. The van der Waals surface area contributed by atoms with Crippen LogP contribution in [0.4, 0.5) is 0 Å². The van der Waals surface area contributed by atoms with Crippen molar-refractivity contribution < 1.29 is 0 Å². The lowest BCUT2D eigenvalue weighted by Crippen LogP contribution is -2.14. The zero-order chi connectivity index (χ0) is 6.41. The number of amidine groups is 1. The Kier molecular flexibility index (Phi) is 4.54. The van der Waals surface area contributed by atoms with Crippen molar-refractivity contribution in [1.82, 2.24) is 0 Å². The van der Waals surface area contributed by atoms with E-state index >= 15 is 0 Å². The molecule has 0 atom stereocenters. The maximum absolute atomic E-state index is 5.27. The lowest BCUT2D eigenvalue weighted by atomic mass is 10.5. The predicted molar refractivity (Wildman–Crippen MR) is 38.8 cm³/mol. The van der Waals surface area contributed by atoms with Crippen LogP contribution < -0.4 is 11.6 Å². The highest BCUT2D eigenvalue weighted by Crippen LogP contribution is 1.93. The van der Waals surface area contributed by atoms with Gasteiger partial charge in [0, 0.05) is 12.2 Å². The predicted octanol–water partition coefficient (Wildman–Crippen LogP) is -0.0296. The lowest BCUT2D eigenvalue weighted by Gasteiger charge is -1.93. The molecule has 0 fully saturated rings. The van der Waals surface area contributed by atoms with Gasteiger partial charge in [-0.25, -0.2) is 0 Å². The standard InChI is InChI=1S/C4H11N3S/c1-8-3-2-4(5)7-6/h2-3,6H2,1H3,(H2,5,7). The van der Waals surface area contributed by atoms with E-state index in [0.29, 0.717) is 5.84 Å². The fraction of sp³-hybridized carbons (Fsp3) is 0.750. The summed E-state index contributed by atoms with van der Waals surface area (Å²) in [5.41, 5.74) is 5.27. The quantitative estimate of drug-likeness (QED) is 0.246. The third-order valence-electron chi connectivity index (χ3n) is 0.728. The van der Waals surface area contributed by atoms with Crippen LogP contribution in [0.15, 0.2) is 5.10 Å². The van der Waals surface area contributed by atoms with Gasteiger partial charge in [-0.1, -0.05) is 0 Å². The molecule has 0 radical (unpaired) electrons. The van der Waals surface area contributed by atoms with E-state index in [1.165, 1.54) is 0 Å². The minimum absolute atomic E-state index is 0.527. The van der Waals surface area contributed by atoms with Crippen molar-refractivity contribution in [1.29, 1.82) is 0 Å². The van der Waals surface area contributed by atoms with Crippen LogP contribution in [-0.2, 0) is 0 Å². The van der Waals surface area contributed by atoms with Gasteiger partial charge in [-0.2, -0.15) is 16.9 Å². The molecule has 0 saturated heterocycles. The smallest absolute Gasteiger partial charge is 0.120 e. The fourth-order valence-electron chi connectivity index (χ4n) is 0.271. The molecule has 48 valence electrons. The highest BCUT2D eigenvalue weighted by Gasteiger charge is 1.87. The molecule has 0 aromatic carbocycles. The summed E-state index contributed by atoms with van der Waals surface area (Å²) in [6.45, 7) is 0. The van der Waals surface area contributed by atoms with Crippen molar-refractivity contribution in [3.05, 3.63) is 0 Å². The van der Waals surface area contributed by atoms with Crippen molar-refractivity contribution in [3.63, 3.8) is 0 Å². The van der Waals surface area contributed by atoms with Crippen LogP contribution in [0.3, 0.4) is 0 Å². The van der Waals surface area contributed by atoms with Gasteiger partial charge < -0.3 is 11.6 Å². The Balaban J connectivity index is 3.12. The molecule has 0 unspecified atom stereocenters. The van der Waals surface area contributed by atoms with E-state index in [9.17, 15) is 0 Å². The molecule has 8 heavy (non-hydrogen) atoms. The summed E-state index contributed by atoms with van der Waals surface area (Å²) < 4.78 is 0. The molecule has 0 aromatic rings. The number of hydrogen-bond acceptors (Lipinski definition) is 3. The van der Waals surface area contributed by atoms with Gasteiger partial charge in [0.15, 0.2) is 0 Å². The van der Waals surface area contributed by atoms with Gasteiger partial charge >= 0.3 is 0 Å². The molecule has 0 aliphatic heterocycles. The van der Waals surface area contributed by atoms with E-state index < -0.39 is 0 Å². The Morgan fingerprint density at radius 2 is 2.38 bits per heavy atom. The number of rotatable bonds is 3. The molecule has 0 heterocycles. The first kappa shape index (κ1) is 7.62. The van der Waals surface area contributed by atoms with Gasteiger partial charge in [0.2, 0.25) is 0 Å². The molecule has 0 bridgehead atoms. The third-order valence-corrected chi connectivity index (χ3v) is 1.34. The van der Waals surface area contributed by atoms with Crippen LogP contribution in [0, 0.1) is 0 Å². The Labute approximate surface area is 53.5 Å². The van der Waals surface area contributed by atoms with E-state index in [-0.39, 0.29) is 0 Å². The first-order valence-electron chi connectivity index (χ1n) is 2.32. The molecule has 0 aliphatic carbocycles. The molecular formula is C4H11N3S. The van der Waals surface area contributed by atoms with Crippen LogP contribution in [0.2, 0.25) is 0 Å². The average Bonchev–Trinajstić information content (AvgIpc) is 1.83. The highest BCUT2D eigenvalue weighted by molar-refractivity contribution is 7.98. The molecular weight excluding hydrogens is 122 g/mol. The summed E-state index contributed by atoms with van der Waals surface area (Å²) in [4.78, 5) is 0. The number of nitrogens with two attached hydrogens (primary N) is 2.